The smallest absolute Gasteiger partial charge is 0.232 e. The number of rotatable bonds is 8. The number of nitrogens with zero attached hydrogens (tertiary/aromatic N) is 2. The maximum Gasteiger partial charge on any atom is 0.232 e. The van der Waals surface area contributed by atoms with Gasteiger partial charge in [0.25, 0.3) is 0 Å². The summed E-state index contributed by atoms with van der Waals surface area (Å²) in [4.78, 5) is 0. The Bertz CT molecular complexity index is 1690. The van der Waals surface area contributed by atoms with E-state index in [2.05, 4.69) is 197 Å². The number of hydrogen-bond donors (Lipinski definition) is 0. The Kier molecular flexibility index (Phi) is 8.73. The second-order valence-corrected chi connectivity index (χ2v) is 24.1. The zero-order chi connectivity index (χ0) is 33.3. The number of fused-ring (bicyclic) bond motifs is 1. The van der Waals surface area contributed by atoms with Crippen molar-refractivity contribution < 1.29 is 4.57 Å². The van der Waals surface area contributed by atoms with E-state index in [1.807, 2.05) is 0 Å². The molecular formula is C43H43N2OPSi2. The first-order chi connectivity index (χ1) is 24.1. The summed E-state index contributed by atoms with van der Waals surface area (Å²) in [6, 6.07) is 66.7. The molecule has 1 heterocycles. The van der Waals surface area contributed by atoms with Crippen LogP contribution >= 0.6 is 7.44 Å². The molecule has 0 aromatic heterocycles. The topological polar surface area (TPSA) is 23.6 Å². The highest BCUT2D eigenvalue weighted by molar-refractivity contribution is 7.65. The third-order valence-corrected chi connectivity index (χ3v) is 26.2. The average Bonchev–Trinajstić information content (AvgIpc) is 3.42. The van der Waals surface area contributed by atoms with Crippen LogP contribution in [0.1, 0.15) is 25.7 Å². The van der Waals surface area contributed by atoms with Gasteiger partial charge in [0.2, 0.25) is 23.9 Å². The van der Waals surface area contributed by atoms with Gasteiger partial charge in [-0.1, -0.05) is 195 Å². The molecule has 1 aliphatic heterocycles. The molecule has 8 rings (SSSR count). The fourth-order valence-electron chi connectivity index (χ4n) is 9.24. The first kappa shape index (κ1) is 32.1. The zero-order valence-corrected chi connectivity index (χ0v) is 30.9. The highest BCUT2D eigenvalue weighted by Gasteiger charge is 2.67. The normalized spacial score (nSPS) is 19.7. The van der Waals surface area contributed by atoms with Gasteiger partial charge in [-0.15, -0.1) is 0 Å². The van der Waals surface area contributed by atoms with E-state index < -0.39 is 23.9 Å². The Morgan fingerprint density at radius 3 is 0.816 bits per heavy atom. The number of benzene rings is 6. The third-order valence-electron chi connectivity index (χ3n) is 11.0. The Balaban J connectivity index is 1.50. The van der Waals surface area contributed by atoms with Crippen LogP contribution in [-0.2, 0) is 4.57 Å². The summed E-state index contributed by atoms with van der Waals surface area (Å²) in [5, 5.41) is 7.71. The minimum atomic E-state index is -3.31. The van der Waals surface area contributed by atoms with Gasteiger partial charge < -0.3 is 0 Å². The molecule has 0 spiro atoms. The average molecular weight is 691 g/mol. The molecule has 0 N–H and O–H groups in total. The van der Waals surface area contributed by atoms with Crippen LogP contribution in [0, 0.1) is 0 Å². The lowest BCUT2D eigenvalue weighted by atomic mass is 9.92. The largest absolute Gasteiger partial charge is 0.290 e. The third kappa shape index (κ3) is 5.10. The van der Waals surface area contributed by atoms with Gasteiger partial charge in [-0.2, -0.15) is 0 Å². The van der Waals surface area contributed by atoms with Crippen LogP contribution in [0.2, 0.25) is 0 Å². The van der Waals surface area contributed by atoms with Crippen molar-refractivity contribution in [3.05, 3.63) is 182 Å². The summed E-state index contributed by atoms with van der Waals surface area (Å²) in [5.74, 6) is 0. The van der Waals surface area contributed by atoms with Crippen LogP contribution in [-0.4, -0.2) is 43.9 Å². The Morgan fingerprint density at radius 2 is 0.612 bits per heavy atom. The van der Waals surface area contributed by atoms with E-state index in [1.165, 1.54) is 31.1 Å². The zero-order valence-electron chi connectivity index (χ0n) is 28.1. The van der Waals surface area contributed by atoms with Gasteiger partial charge in [0.05, 0.1) is 0 Å². The summed E-state index contributed by atoms with van der Waals surface area (Å²) < 4.78 is 22.5. The van der Waals surface area contributed by atoms with Gasteiger partial charge in [-0.25, -0.2) is 8.67 Å². The monoisotopic (exact) mass is 690 g/mol. The predicted octanol–water partition coefficient (Wildman–Crippen LogP) is 6.07. The maximum absolute atomic E-state index is 17.1. The summed E-state index contributed by atoms with van der Waals surface area (Å²) in [5.41, 5.74) is 0. The molecule has 2 fully saturated rings. The molecule has 0 unspecified atom stereocenters. The molecule has 0 amide bonds. The molecule has 0 bridgehead atoms. The van der Waals surface area contributed by atoms with Gasteiger partial charge in [-0.3, -0.25) is 4.57 Å². The predicted molar refractivity (Wildman–Crippen MR) is 211 cm³/mol. The van der Waals surface area contributed by atoms with E-state index in [0.717, 1.165) is 25.7 Å². The highest BCUT2D eigenvalue weighted by Crippen LogP contribution is 2.64. The van der Waals surface area contributed by atoms with Crippen molar-refractivity contribution in [2.24, 2.45) is 0 Å². The molecule has 2 aliphatic rings. The van der Waals surface area contributed by atoms with Crippen LogP contribution in [0.15, 0.2) is 182 Å². The molecule has 3 nitrogen and oxygen atoms in total. The Labute approximate surface area is 293 Å². The molecule has 0 radical (unpaired) electrons. The molecule has 2 atom stereocenters. The van der Waals surface area contributed by atoms with Crippen LogP contribution in [0.4, 0.5) is 0 Å². The SMILES string of the molecule is CP1(=O)N([Si](c2ccccc2)(c2ccccc2)c2ccccc2)[C@@H]2CCCC[C@H]2N1[Si](c1ccccc1)(c1ccccc1)c1ccccc1. The number of hydrogen-bond acceptors (Lipinski definition) is 1. The quantitative estimate of drug-likeness (QED) is 0.110. The van der Waals surface area contributed by atoms with Crippen molar-refractivity contribution in [2.75, 3.05) is 6.66 Å². The lowest BCUT2D eigenvalue weighted by Gasteiger charge is -2.49. The molecule has 6 aromatic carbocycles. The Hall–Kier alpha value is -4.10. The van der Waals surface area contributed by atoms with Crippen molar-refractivity contribution in [3.63, 3.8) is 0 Å². The first-order valence-corrected chi connectivity index (χ1v) is 23.6. The van der Waals surface area contributed by atoms with E-state index in [9.17, 15) is 0 Å². The van der Waals surface area contributed by atoms with Gasteiger partial charge in [0.1, 0.15) is 0 Å². The molecule has 1 aliphatic carbocycles. The minimum Gasteiger partial charge on any atom is -0.290 e. The lowest BCUT2D eigenvalue weighted by Crippen LogP contribution is -2.78. The summed E-state index contributed by atoms with van der Waals surface area (Å²) >= 11 is 0. The van der Waals surface area contributed by atoms with Gasteiger partial charge in [-0.05, 0) is 44.0 Å². The fourth-order valence-corrected chi connectivity index (χ4v) is 27.7. The van der Waals surface area contributed by atoms with Crippen LogP contribution < -0.4 is 31.1 Å². The van der Waals surface area contributed by atoms with Gasteiger partial charge >= 0.3 is 0 Å². The minimum absolute atomic E-state index is 0.139. The van der Waals surface area contributed by atoms with E-state index in [-0.39, 0.29) is 12.1 Å². The first-order valence-electron chi connectivity index (χ1n) is 17.6. The fraction of sp³-hybridized carbons (Fsp3) is 0.163. The molecule has 1 saturated carbocycles. The molecule has 244 valence electrons. The van der Waals surface area contributed by atoms with Crippen molar-refractivity contribution in [1.82, 2.24) is 8.67 Å². The van der Waals surface area contributed by atoms with Crippen LogP contribution in [0.25, 0.3) is 0 Å². The van der Waals surface area contributed by atoms with Gasteiger partial charge in [0, 0.05) is 18.7 Å². The standard InChI is InChI=1S/C43H43N2OPSi2/c1-47(46)44(48(36-22-8-2-9-23-36,37-24-10-3-11-25-37)38-26-12-4-13-27-38)42-34-20-21-35-43(42)45(47)49(39-28-14-5-15-29-39,40-30-16-6-17-31-40)41-32-18-7-19-33-41/h2-19,22-33,42-43H,20-21,34-35H2,1H3/t42-,43-/m1/s1. The van der Waals surface area contributed by atoms with Gasteiger partial charge in [0.15, 0.2) is 0 Å². The van der Waals surface area contributed by atoms with E-state index >= 15 is 4.57 Å². The summed E-state index contributed by atoms with van der Waals surface area (Å²) in [6.07, 6.45) is 4.35. The molecule has 49 heavy (non-hydrogen) atoms. The maximum atomic E-state index is 17.1. The van der Waals surface area contributed by atoms with Crippen molar-refractivity contribution >= 4 is 55.0 Å². The van der Waals surface area contributed by atoms with E-state index in [1.54, 1.807) is 0 Å². The van der Waals surface area contributed by atoms with Crippen LogP contribution in [0.5, 0.6) is 0 Å². The highest BCUT2D eigenvalue weighted by atomic mass is 31.2. The molecule has 6 heteroatoms. The molecule has 6 aromatic rings. The lowest BCUT2D eigenvalue weighted by molar-refractivity contribution is 0.278. The van der Waals surface area contributed by atoms with Crippen LogP contribution in [0.3, 0.4) is 0 Å². The second kappa shape index (κ2) is 13.3. The van der Waals surface area contributed by atoms with Crippen molar-refractivity contribution in [3.8, 4) is 0 Å². The van der Waals surface area contributed by atoms with Crippen molar-refractivity contribution in [1.29, 1.82) is 0 Å². The summed E-state index contributed by atoms with van der Waals surface area (Å²) in [6.45, 7) is 2.14. The molecular weight excluding hydrogens is 648 g/mol. The Morgan fingerprint density at radius 1 is 0.408 bits per heavy atom. The van der Waals surface area contributed by atoms with E-state index in [4.69, 9.17) is 0 Å². The van der Waals surface area contributed by atoms with Crippen molar-refractivity contribution in [2.45, 2.75) is 37.8 Å². The summed E-state index contributed by atoms with van der Waals surface area (Å²) in [7, 11) is -9.53. The second-order valence-electron chi connectivity index (χ2n) is 13.6. The van der Waals surface area contributed by atoms with E-state index in [0.29, 0.717) is 0 Å². The molecule has 1 saturated heterocycles.